The Balaban J connectivity index is 1.59. The van der Waals surface area contributed by atoms with Crippen molar-refractivity contribution in [3.05, 3.63) is 0 Å². The molecular weight excluding hydrogens is 204 g/mol. The van der Waals surface area contributed by atoms with E-state index < -0.39 is 0 Å². The van der Waals surface area contributed by atoms with Crippen molar-refractivity contribution in [2.75, 3.05) is 46.5 Å². The lowest BCUT2D eigenvalue weighted by atomic mass is 10.2. The summed E-state index contributed by atoms with van der Waals surface area (Å²) >= 11 is 0. The SMILES string of the molecule is COCCO[C@@H]1CCN(C[C@@H]2CCCN2)C1. The molecule has 2 fully saturated rings. The van der Waals surface area contributed by atoms with Crippen molar-refractivity contribution in [3.8, 4) is 0 Å². The third-order valence-corrected chi connectivity index (χ3v) is 3.51. The summed E-state index contributed by atoms with van der Waals surface area (Å²) in [5.41, 5.74) is 0. The zero-order valence-corrected chi connectivity index (χ0v) is 10.3. The maximum Gasteiger partial charge on any atom is 0.0715 e. The first-order valence-corrected chi connectivity index (χ1v) is 6.45. The van der Waals surface area contributed by atoms with Gasteiger partial charge < -0.3 is 14.8 Å². The zero-order chi connectivity index (χ0) is 11.2. The molecule has 2 atom stereocenters. The topological polar surface area (TPSA) is 33.7 Å². The summed E-state index contributed by atoms with van der Waals surface area (Å²) in [5.74, 6) is 0. The fourth-order valence-electron chi connectivity index (χ4n) is 2.62. The minimum Gasteiger partial charge on any atom is -0.382 e. The summed E-state index contributed by atoms with van der Waals surface area (Å²) in [6, 6.07) is 0.720. The summed E-state index contributed by atoms with van der Waals surface area (Å²) in [6.07, 6.45) is 4.28. The van der Waals surface area contributed by atoms with Gasteiger partial charge in [-0.05, 0) is 25.8 Å². The van der Waals surface area contributed by atoms with Crippen LogP contribution in [0.2, 0.25) is 0 Å². The lowest BCUT2D eigenvalue weighted by Gasteiger charge is -2.20. The molecule has 0 saturated carbocycles. The second-order valence-electron chi connectivity index (χ2n) is 4.83. The highest BCUT2D eigenvalue weighted by atomic mass is 16.5. The lowest BCUT2D eigenvalue weighted by molar-refractivity contribution is 0.0219. The molecule has 16 heavy (non-hydrogen) atoms. The van der Waals surface area contributed by atoms with E-state index in [1.807, 2.05) is 0 Å². The van der Waals surface area contributed by atoms with Crippen LogP contribution in [0.25, 0.3) is 0 Å². The quantitative estimate of drug-likeness (QED) is 0.670. The molecule has 2 saturated heterocycles. The Hall–Kier alpha value is -0.160. The maximum absolute atomic E-state index is 5.75. The molecule has 0 bridgehead atoms. The summed E-state index contributed by atoms with van der Waals surface area (Å²) in [4.78, 5) is 2.53. The second kappa shape index (κ2) is 6.55. The van der Waals surface area contributed by atoms with E-state index in [1.165, 1.54) is 38.9 Å². The molecule has 94 valence electrons. The highest BCUT2D eigenvalue weighted by molar-refractivity contribution is 4.83. The molecule has 4 heteroatoms. The molecule has 0 radical (unpaired) electrons. The van der Waals surface area contributed by atoms with Gasteiger partial charge in [-0.1, -0.05) is 0 Å². The van der Waals surface area contributed by atoms with Crippen molar-refractivity contribution < 1.29 is 9.47 Å². The molecule has 2 aliphatic rings. The number of methoxy groups -OCH3 is 1. The molecule has 1 N–H and O–H groups in total. The van der Waals surface area contributed by atoms with Gasteiger partial charge in [0.1, 0.15) is 0 Å². The van der Waals surface area contributed by atoms with E-state index >= 15 is 0 Å². The zero-order valence-electron chi connectivity index (χ0n) is 10.3. The van der Waals surface area contributed by atoms with Gasteiger partial charge in [-0.25, -0.2) is 0 Å². The molecule has 4 nitrogen and oxygen atoms in total. The van der Waals surface area contributed by atoms with E-state index in [0.29, 0.717) is 12.7 Å². The van der Waals surface area contributed by atoms with Crippen LogP contribution in [-0.2, 0) is 9.47 Å². The highest BCUT2D eigenvalue weighted by Crippen LogP contribution is 2.15. The number of hydrogen-bond acceptors (Lipinski definition) is 4. The van der Waals surface area contributed by atoms with Gasteiger partial charge in [-0.2, -0.15) is 0 Å². The van der Waals surface area contributed by atoms with E-state index in [2.05, 4.69) is 10.2 Å². The molecule has 0 spiro atoms. The minimum atomic E-state index is 0.427. The Morgan fingerprint density at radius 2 is 2.25 bits per heavy atom. The number of rotatable bonds is 6. The van der Waals surface area contributed by atoms with Crippen LogP contribution in [0.15, 0.2) is 0 Å². The normalized spacial score (nSPS) is 31.3. The van der Waals surface area contributed by atoms with Gasteiger partial charge in [0.15, 0.2) is 0 Å². The molecule has 2 rings (SSSR count). The van der Waals surface area contributed by atoms with Crippen molar-refractivity contribution in [3.63, 3.8) is 0 Å². The summed E-state index contributed by atoms with van der Waals surface area (Å²) < 4.78 is 10.7. The summed E-state index contributed by atoms with van der Waals surface area (Å²) in [6.45, 7) is 6.13. The van der Waals surface area contributed by atoms with Crippen LogP contribution in [0, 0.1) is 0 Å². The van der Waals surface area contributed by atoms with Crippen molar-refractivity contribution >= 4 is 0 Å². The van der Waals surface area contributed by atoms with Gasteiger partial charge in [0.25, 0.3) is 0 Å². The summed E-state index contributed by atoms with van der Waals surface area (Å²) in [7, 11) is 1.72. The van der Waals surface area contributed by atoms with Crippen LogP contribution in [0.5, 0.6) is 0 Å². The number of hydrogen-bond donors (Lipinski definition) is 1. The van der Waals surface area contributed by atoms with E-state index in [0.717, 1.165) is 19.2 Å². The van der Waals surface area contributed by atoms with Crippen molar-refractivity contribution in [2.24, 2.45) is 0 Å². The Kier molecular flexibility index (Phi) is 5.03. The minimum absolute atomic E-state index is 0.427. The Morgan fingerprint density at radius 1 is 1.31 bits per heavy atom. The molecule has 0 aromatic rings. The van der Waals surface area contributed by atoms with Crippen LogP contribution < -0.4 is 5.32 Å². The predicted molar refractivity (Wildman–Crippen MR) is 63.7 cm³/mol. The van der Waals surface area contributed by atoms with E-state index in [9.17, 15) is 0 Å². The van der Waals surface area contributed by atoms with Crippen LogP contribution in [0.3, 0.4) is 0 Å². The highest BCUT2D eigenvalue weighted by Gasteiger charge is 2.25. The first-order valence-electron chi connectivity index (χ1n) is 6.45. The van der Waals surface area contributed by atoms with Crippen LogP contribution in [0.4, 0.5) is 0 Å². The number of nitrogens with zero attached hydrogens (tertiary/aromatic N) is 1. The van der Waals surface area contributed by atoms with Crippen molar-refractivity contribution in [2.45, 2.75) is 31.4 Å². The standard InChI is InChI=1S/C12H24N2O2/c1-15-7-8-16-12-4-6-14(10-12)9-11-3-2-5-13-11/h11-13H,2-10H2,1H3/t11-,12+/m0/s1. The number of nitrogens with one attached hydrogen (secondary N) is 1. The third kappa shape index (κ3) is 3.70. The Labute approximate surface area is 98.3 Å². The average Bonchev–Trinajstić information content (AvgIpc) is 2.91. The summed E-state index contributed by atoms with van der Waals surface area (Å²) in [5, 5.41) is 3.55. The fraction of sp³-hybridized carbons (Fsp3) is 1.00. The van der Waals surface area contributed by atoms with Gasteiger partial charge in [0.2, 0.25) is 0 Å². The molecule has 0 aromatic carbocycles. The van der Waals surface area contributed by atoms with Gasteiger partial charge in [-0.15, -0.1) is 0 Å². The maximum atomic E-state index is 5.75. The fourth-order valence-corrected chi connectivity index (χ4v) is 2.62. The van der Waals surface area contributed by atoms with Gasteiger partial charge in [0, 0.05) is 32.8 Å². The van der Waals surface area contributed by atoms with Crippen LogP contribution in [0.1, 0.15) is 19.3 Å². The van der Waals surface area contributed by atoms with Crippen molar-refractivity contribution in [1.82, 2.24) is 10.2 Å². The van der Waals surface area contributed by atoms with Crippen LogP contribution in [-0.4, -0.2) is 63.5 Å². The Morgan fingerprint density at radius 3 is 3.00 bits per heavy atom. The van der Waals surface area contributed by atoms with Gasteiger partial charge >= 0.3 is 0 Å². The first-order chi connectivity index (χ1) is 7.88. The molecule has 2 heterocycles. The molecule has 0 amide bonds. The number of likely N-dealkylation sites (tertiary alicyclic amines) is 1. The van der Waals surface area contributed by atoms with Gasteiger partial charge in [-0.3, -0.25) is 4.90 Å². The third-order valence-electron chi connectivity index (χ3n) is 3.51. The predicted octanol–water partition coefficient (Wildman–Crippen LogP) is 0.476. The molecule has 0 aromatic heterocycles. The molecular formula is C12H24N2O2. The number of ether oxygens (including phenoxy) is 2. The molecule has 0 aliphatic carbocycles. The second-order valence-corrected chi connectivity index (χ2v) is 4.83. The average molecular weight is 228 g/mol. The van der Waals surface area contributed by atoms with E-state index in [-0.39, 0.29) is 0 Å². The van der Waals surface area contributed by atoms with Gasteiger partial charge in [0.05, 0.1) is 19.3 Å². The first kappa shape index (κ1) is 12.3. The van der Waals surface area contributed by atoms with E-state index in [1.54, 1.807) is 7.11 Å². The lowest BCUT2D eigenvalue weighted by Crippen LogP contribution is -2.36. The molecule has 2 aliphatic heterocycles. The smallest absolute Gasteiger partial charge is 0.0715 e. The van der Waals surface area contributed by atoms with E-state index in [4.69, 9.17) is 9.47 Å². The largest absolute Gasteiger partial charge is 0.382 e. The monoisotopic (exact) mass is 228 g/mol. The van der Waals surface area contributed by atoms with Crippen LogP contribution >= 0.6 is 0 Å². The Bertz CT molecular complexity index is 195. The van der Waals surface area contributed by atoms with Crippen molar-refractivity contribution in [1.29, 1.82) is 0 Å². The molecule has 0 unspecified atom stereocenters.